The highest BCUT2D eigenvalue weighted by atomic mass is 79.9. The molecular weight excluding hydrogens is 386 g/mol. The topological polar surface area (TPSA) is 54.0 Å². The van der Waals surface area contributed by atoms with E-state index < -0.39 is 0 Å². The molecule has 4 nitrogen and oxygen atoms in total. The largest absolute Gasteiger partial charge is 0.316 e. The van der Waals surface area contributed by atoms with Gasteiger partial charge < -0.3 is 10.6 Å². The van der Waals surface area contributed by atoms with Crippen LogP contribution in [-0.2, 0) is 4.79 Å². The molecular formula is C15H17BrClN3OS. The molecule has 0 aliphatic carbocycles. The van der Waals surface area contributed by atoms with E-state index in [4.69, 9.17) is 0 Å². The predicted molar refractivity (Wildman–Crippen MR) is 96.7 cm³/mol. The minimum Gasteiger partial charge on any atom is -0.316 e. The van der Waals surface area contributed by atoms with Crippen LogP contribution < -0.4 is 10.6 Å². The molecule has 1 amide bonds. The number of aromatic nitrogens is 1. The van der Waals surface area contributed by atoms with Gasteiger partial charge in [0.05, 0.1) is 11.6 Å². The average Bonchev–Trinajstić information content (AvgIpc) is 2.97. The molecule has 1 aliphatic rings. The van der Waals surface area contributed by atoms with E-state index in [9.17, 15) is 4.79 Å². The summed E-state index contributed by atoms with van der Waals surface area (Å²) in [5.41, 5.74) is 1.94. The first-order chi connectivity index (χ1) is 10.2. The smallest absolute Gasteiger partial charge is 0.230 e. The number of carbonyl (C=O) groups excluding carboxylic acids is 1. The Balaban J connectivity index is 0.00000176. The second kappa shape index (κ2) is 8.06. The molecule has 1 aliphatic heterocycles. The number of halogens is 2. The summed E-state index contributed by atoms with van der Waals surface area (Å²) in [6, 6.07) is 7.99. The first-order valence-electron chi connectivity index (χ1n) is 6.95. The molecule has 0 radical (unpaired) electrons. The third-order valence-corrected chi connectivity index (χ3v) is 4.83. The number of nitrogens with zero attached hydrogens (tertiary/aromatic N) is 1. The molecule has 0 spiro atoms. The van der Waals surface area contributed by atoms with Gasteiger partial charge in [-0.3, -0.25) is 4.79 Å². The highest BCUT2D eigenvalue weighted by Gasteiger charge is 2.21. The average molecular weight is 403 g/mol. The third-order valence-electron chi connectivity index (χ3n) is 3.54. The van der Waals surface area contributed by atoms with E-state index in [2.05, 4.69) is 31.5 Å². The van der Waals surface area contributed by atoms with Gasteiger partial charge in [0.2, 0.25) is 5.91 Å². The highest BCUT2D eigenvalue weighted by molar-refractivity contribution is 9.10. The molecule has 1 atom stereocenters. The Morgan fingerprint density at radius 3 is 2.82 bits per heavy atom. The quantitative estimate of drug-likeness (QED) is 0.818. The predicted octanol–water partition coefficient (Wildman–Crippen LogP) is 3.93. The summed E-state index contributed by atoms with van der Waals surface area (Å²) >= 11 is 4.88. The fraction of sp³-hybridized carbons (Fsp3) is 0.333. The highest BCUT2D eigenvalue weighted by Crippen LogP contribution is 2.26. The molecule has 3 rings (SSSR count). The molecule has 2 N–H and O–H groups in total. The van der Waals surface area contributed by atoms with Crippen molar-refractivity contribution in [2.75, 3.05) is 18.4 Å². The lowest BCUT2D eigenvalue weighted by Crippen LogP contribution is -2.37. The minimum absolute atomic E-state index is 0. The Morgan fingerprint density at radius 2 is 2.14 bits per heavy atom. The molecule has 118 valence electrons. The first-order valence-corrected chi connectivity index (χ1v) is 8.63. The maximum absolute atomic E-state index is 12.2. The molecule has 0 bridgehead atoms. The van der Waals surface area contributed by atoms with Crippen LogP contribution >= 0.6 is 39.7 Å². The standard InChI is InChI=1S/C15H16BrN3OS.ClH/c16-12-5-3-10(4-6-12)13-9-21-15(18-13)19-14(20)11-2-1-7-17-8-11;/h3-6,9,11,17H,1-2,7-8H2,(H,18,19,20);1H. The summed E-state index contributed by atoms with van der Waals surface area (Å²) < 4.78 is 1.04. The number of thiazole rings is 1. The van der Waals surface area contributed by atoms with E-state index in [0.29, 0.717) is 5.13 Å². The second-order valence-electron chi connectivity index (χ2n) is 5.08. The number of amides is 1. The van der Waals surface area contributed by atoms with Crippen molar-refractivity contribution in [2.24, 2.45) is 5.92 Å². The molecule has 1 saturated heterocycles. The summed E-state index contributed by atoms with van der Waals surface area (Å²) in [4.78, 5) is 16.7. The molecule has 1 aromatic carbocycles. The molecule has 2 aromatic rings. The SMILES string of the molecule is Cl.O=C(Nc1nc(-c2ccc(Br)cc2)cs1)C1CCCNC1. The fourth-order valence-corrected chi connectivity index (χ4v) is 3.35. The molecule has 1 unspecified atom stereocenters. The van der Waals surface area contributed by atoms with E-state index >= 15 is 0 Å². The minimum atomic E-state index is 0. The van der Waals surface area contributed by atoms with Gasteiger partial charge in [-0.15, -0.1) is 23.7 Å². The van der Waals surface area contributed by atoms with Crippen molar-refractivity contribution in [3.63, 3.8) is 0 Å². The van der Waals surface area contributed by atoms with Crippen LogP contribution in [0.4, 0.5) is 5.13 Å². The lowest BCUT2D eigenvalue weighted by atomic mass is 9.99. The molecule has 1 fully saturated rings. The fourth-order valence-electron chi connectivity index (χ4n) is 2.37. The maximum atomic E-state index is 12.2. The zero-order valence-corrected chi connectivity index (χ0v) is 15.1. The van der Waals surface area contributed by atoms with Crippen molar-refractivity contribution in [3.05, 3.63) is 34.1 Å². The summed E-state index contributed by atoms with van der Waals surface area (Å²) in [6.07, 6.45) is 2.00. The zero-order chi connectivity index (χ0) is 14.7. The van der Waals surface area contributed by atoms with Gasteiger partial charge in [-0.25, -0.2) is 4.98 Å². The Labute approximate surface area is 148 Å². The monoisotopic (exact) mass is 401 g/mol. The Morgan fingerprint density at radius 1 is 1.36 bits per heavy atom. The normalized spacial score (nSPS) is 17.6. The van der Waals surface area contributed by atoms with Crippen molar-refractivity contribution in [3.8, 4) is 11.3 Å². The van der Waals surface area contributed by atoms with E-state index in [1.807, 2.05) is 29.6 Å². The van der Waals surface area contributed by atoms with Crippen LogP contribution in [0.5, 0.6) is 0 Å². The van der Waals surface area contributed by atoms with Crippen LogP contribution in [0.15, 0.2) is 34.1 Å². The molecule has 0 saturated carbocycles. The van der Waals surface area contributed by atoms with Gasteiger partial charge in [0.1, 0.15) is 0 Å². The van der Waals surface area contributed by atoms with Gasteiger partial charge in [0, 0.05) is 22.0 Å². The maximum Gasteiger partial charge on any atom is 0.230 e. The van der Waals surface area contributed by atoms with Crippen LogP contribution in [0.2, 0.25) is 0 Å². The van der Waals surface area contributed by atoms with Gasteiger partial charge in [-0.05, 0) is 31.5 Å². The van der Waals surface area contributed by atoms with Gasteiger partial charge in [-0.2, -0.15) is 0 Å². The third kappa shape index (κ3) is 4.29. The van der Waals surface area contributed by atoms with Crippen LogP contribution in [0.25, 0.3) is 11.3 Å². The van der Waals surface area contributed by atoms with E-state index in [1.54, 1.807) is 0 Å². The first kappa shape index (κ1) is 17.4. The van der Waals surface area contributed by atoms with Crippen LogP contribution in [0, 0.1) is 5.92 Å². The number of hydrogen-bond donors (Lipinski definition) is 2. The molecule has 22 heavy (non-hydrogen) atoms. The Bertz CT molecular complexity index is 626. The number of carbonyl (C=O) groups is 1. The summed E-state index contributed by atoms with van der Waals surface area (Å²) in [5.74, 6) is 0.123. The van der Waals surface area contributed by atoms with Crippen molar-refractivity contribution in [1.29, 1.82) is 0 Å². The number of piperidine rings is 1. The van der Waals surface area contributed by atoms with Gasteiger partial charge >= 0.3 is 0 Å². The van der Waals surface area contributed by atoms with Crippen LogP contribution in [-0.4, -0.2) is 24.0 Å². The number of hydrogen-bond acceptors (Lipinski definition) is 4. The zero-order valence-electron chi connectivity index (χ0n) is 11.8. The summed E-state index contributed by atoms with van der Waals surface area (Å²) in [5, 5.41) is 8.83. The van der Waals surface area contributed by atoms with Crippen molar-refractivity contribution in [2.45, 2.75) is 12.8 Å². The van der Waals surface area contributed by atoms with Crippen LogP contribution in [0.3, 0.4) is 0 Å². The van der Waals surface area contributed by atoms with E-state index in [1.165, 1.54) is 11.3 Å². The van der Waals surface area contributed by atoms with Crippen LogP contribution in [0.1, 0.15) is 12.8 Å². The number of anilines is 1. The summed E-state index contributed by atoms with van der Waals surface area (Å²) in [6.45, 7) is 1.77. The number of nitrogens with one attached hydrogen (secondary N) is 2. The molecule has 7 heteroatoms. The van der Waals surface area contributed by atoms with E-state index in [0.717, 1.165) is 41.7 Å². The number of rotatable bonds is 3. The van der Waals surface area contributed by atoms with E-state index in [-0.39, 0.29) is 24.2 Å². The van der Waals surface area contributed by atoms with Crippen molar-refractivity contribution < 1.29 is 4.79 Å². The molecule has 2 heterocycles. The van der Waals surface area contributed by atoms with Crippen molar-refractivity contribution in [1.82, 2.24) is 10.3 Å². The summed E-state index contributed by atoms with van der Waals surface area (Å²) in [7, 11) is 0. The lowest BCUT2D eigenvalue weighted by molar-refractivity contribution is -0.120. The molecule has 1 aromatic heterocycles. The van der Waals surface area contributed by atoms with Gasteiger partial charge in [0.25, 0.3) is 0 Å². The second-order valence-corrected chi connectivity index (χ2v) is 6.85. The van der Waals surface area contributed by atoms with Gasteiger partial charge in [0.15, 0.2) is 5.13 Å². The number of benzene rings is 1. The lowest BCUT2D eigenvalue weighted by Gasteiger charge is -2.21. The Hall–Kier alpha value is -0.950. The van der Waals surface area contributed by atoms with Gasteiger partial charge in [-0.1, -0.05) is 28.1 Å². The Kier molecular flexibility index (Phi) is 6.37. The van der Waals surface area contributed by atoms with Crippen molar-refractivity contribution >= 4 is 50.7 Å².